The SMILES string of the molecule is C[C@@H]1CC[C@H]2C(=O)N(c3ccc(C(=O)OCC(=O)c4ccc(Br)cc4)cc3)C(=O)[C@H]2C1. The van der Waals surface area contributed by atoms with E-state index in [1.165, 1.54) is 17.0 Å². The Morgan fingerprint density at radius 2 is 1.55 bits per heavy atom. The Balaban J connectivity index is 1.40. The normalized spacial score (nSPS) is 22.9. The molecule has 4 rings (SSSR count). The molecule has 2 aromatic rings. The Kier molecular flexibility index (Phi) is 6.05. The maximum absolute atomic E-state index is 12.8. The lowest BCUT2D eigenvalue weighted by molar-refractivity contribution is -0.122. The van der Waals surface area contributed by atoms with Gasteiger partial charge in [-0.2, -0.15) is 0 Å². The standard InChI is InChI=1S/C24H22BrNO5/c1-14-2-11-19-20(12-14)23(29)26(22(19)28)18-9-5-16(6-10-18)24(30)31-13-21(27)15-3-7-17(25)8-4-15/h3-10,14,19-20H,2,11-13H2,1H3/t14-,19-,20+/m1/s1. The molecule has 0 spiro atoms. The summed E-state index contributed by atoms with van der Waals surface area (Å²) in [6, 6.07) is 12.9. The molecule has 7 heteroatoms. The van der Waals surface area contributed by atoms with Gasteiger partial charge >= 0.3 is 5.97 Å². The summed E-state index contributed by atoms with van der Waals surface area (Å²) < 4.78 is 5.98. The van der Waals surface area contributed by atoms with E-state index in [0.29, 0.717) is 17.2 Å². The van der Waals surface area contributed by atoms with Crippen LogP contribution < -0.4 is 4.90 Å². The van der Waals surface area contributed by atoms with Gasteiger partial charge in [-0.05, 0) is 61.6 Å². The predicted octanol–water partition coefficient (Wildman–Crippen LogP) is 4.41. The number of fused-ring (bicyclic) bond motifs is 1. The van der Waals surface area contributed by atoms with Crippen molar-refractivity contribution < 1.29 is 23.9 Å². The first-order chi connectivity index (χ1) is 14.8. The number of carbonyl (C=O) groups is 4. The maximum Gasteiger partial charge on any atom is 0.338 e. The largest absolute Gasteiger partial charge is 0.454 e. The van der Waals surface area contributed by atoms with Crippen molar-refractivity contribution >= 4 is 45.2 Å². The summed E-state index contributed by atoms with van der Waals surface area (Å²) in [5, 5.41) is 0. The number of carbonyl (C=O) groups excluding carboxylic acids is 4. The lowest BCUT2D eigenvalue weighted by Gasteiger charge is -2.25. The first-order valence-corrected chi connectivity index (χ1v) is 11.1. The molecule has 2 aliphatic rings. The average molecular weight is 484 g/mol. The number of Topliss-reactive ketones (excluding diaryl/α,β-unsaturated/α-hetero) is 1. The van der Waals surface area contributed by atoms with Crippen LogP contribution in [0.15, 0.2) is 53.0 Å². The third kappa shape index (κ3) is 4.32. The first-order valence-electron chi connectivity index (χ1n) is 10.3. The lowest BCUT2D eigenvalue weighted by atomic mass is 9.76. The highest BCUT2D eigenvalue weighted by Gasteiger charge is 2.49. The van der Waals surface area contributed by atoms with E-state index in [1.807, 2.05) is 0 Å². The number of nitrogens with zero attached hydrogens (tertiary/aromatic N) is 1. The summed E-state index contributed by atoms with van der Waals surface area (Å²) in [4.78, 5) is 51.3. The molecule has 0 unspecified atom stereocenters. The zero-order valence-electron chi connectivity index (χ0n) is 17.0. The van der Waals surface area contributed by atoms with Crippen molar-refractivity contribution in [3.05, 3.63) is 64.1 Å². The number of esters is 1. The van der Waals surface area contributed by atoms with E-state index < -0.39 is 5.97 Å². The van der Waals surface area contributed by atoms with Gasteiger partial charge in [0.1, 0.15) is 0 Å². The van der Waals surface area contributed by atoms with Crippen molar-refractivity contribution in [2.24, 2.45) is 17.8 Å². The number of hydrogen-bond acceptors (Lipinski definition) is 5. The fourth-order valence-corrected chi connectivity index (χ4v) is 4.59. The molecular weight excluding hydrogens is 462 g/mol. The molecule has 1 heterocycles. The second kappa shape index (κ2) is 8.75. The van der Waals surface area contributed by atoms with Gasteiger partial charge in [-0.25, -0.2) is 4.79 Å². The van der Waals surface area contributed by atoms with Gasteiger partial charge < -0.3 is 4.74 Å². The van der Waals surface area contributed by atoms with Crippen LogP contribution in [0.1, 0.15) is 46.9 Å². The van der Waals surface area contributed by atoms with Crippen LogP contribution in [-0.4, -0.2) is 30.2 Å². The molecule has 2 amide bonds. The van der Waals surface area contributed by atoms with E-state index in [9.17, 15) is 19.2 Å². The molecule has 2 fully saturated rings. The summed E-state index contributed by atoms with van der Waals surface area (Å²) >= 11 is 3.30. The van der Waals surface area contributed by atoms with Crippen molar-refractivity contribution in [2.75, 3.05) is 11.5 Å². The molecule has 31 heavy (non-hydrogen) atoms. The third-order valence-corrected chi connectivity index (χ3v) is 6.58. The van der Waals surface area contributed by atoms with Gasteiger partial charge in [-0.1, -0.05) is 35.0 Å². The molecule has 1 saturated carbocycles. The van der Waals surface area contributed by atoms with Gasteiger partial charge in [0.25, 0.3) is 0 Å². The van der Waals surface area contributed by atoms with E-state index in [2.05, 4.69) is 22.9 Å². The molecule has 0 bridgehead atoms. The second-order valence-corrected chi connectivity index (χ2v) is 9.11. The van der Waals surface area contributed by atoms with Gasteiger partial charge in [0.05, 0.1) is 23.1 Å². The topological polar surface area (TPSA) is 80.8 Å². The highest BCUT2D eigenvalue weighted by Crippen LogP contribution is 2.42. The molecule has 0 N–H and O–H groups in total. The highest BCUT2D eigenvalue weighted by molar-refractivity contribution is 9.10. The number of halogens is 1. The summed E-state index contributed by atoms with van der Waals surface area (Å²) in [6.45, 7) is 1.74. The van der Waals surface area contributed by atoms with Gasteiger partial charge in [0.2, 0.25) is 11.8 Å². The van der Waals surface area contributed by atoms with Crippen LogP contribution in [0.5, 0.6) is 0 Å². The van der Waals surface area contributed by atoms with Crippen molar-refractivity contribution in [1.82, 2.24) is 0 Å². The fourth-order valence-electron chi connectivity index (χ4n) is 4.32. The van der Waals surface area contributed by atoms with Crippen LogP contribution in [0.4, 0.5) is 5.69 Å². The third-order valence-electron chi connectivity index (χ3n) is 6.05. The van der Waals surface area contributed by atoms with E-state index >= 15 is 0 Å². The quantitative estimate of drug-likeness (QED) is 0.357. The van der Waals surface area contributed by atoms with Gasteiger partial charge in [-0.3, -0.25) is 19.3 Å². The molecule has 1 aliphatic carbocycles. The van der Waals surface area contributed by atoms with Gasteiger partial charge in [-0.15, -0.1) is 0 Å². The van der Waals surface area contributed by atoms with E-state index in [0.717, 1.165) is 23.7 Å². The number of ketones is 1. The Morgan fingerprint density at radius 3 is 2.23 bits per heavy atom. The van der Waals surface area contributed by atoms with Crippen molar-refractivity contribution in [3.63, 3.8) is 0 Å². The Morgan fingerprint density at radius 1 is 0.935 bits per heavy atom. The number of hydrogen-bond donors (Lipinski definition) is 0. The molecule has 3 atom stereocenters. The Bertz CT molecular complexity index is 1030. The van der Waals surface area contributed by atoms with Crippen LogP contribution in [0.25, 0.3) is 0 Å². The van der Waals surface area contributed by atoms with Crippen molar-refractivity contribution in [3.8, 4) is 0 Å². The number of ether oxygens (including phenoxy) is 1. The summed E-state index contributed by atoms with van der Waals surface area (Å²) in [7, 11) is 0. The van der Waals surface area contributed by atoms with E-state index in [1.54, 1.807) is 36.4 Å². The van der Waals surface area contributed by atoms with Gasteiger partial charge in [0, 0.05) is 10.0 Å². The molecule has 1 aliphatic heterocycles. The van der Waals surface area contributed by atoms with Crippen molar-refractivity contribution in [1.29, 1.82) is 0 Å². The fraction of sp³-hybridized carbons (Fsp3) is 0.333. The molecular formula is C24H22BrNO5. The molecule has 6 nitrogen and oxygen atoms in total. The van der Waals surface area contributed by atoms with E-state index in [4.69, 9.17) is 4.74 Å². The van der Waals surface area contributed by atoms with Crippen LogP contribution >= 0.6 is 15.9 Å². The molecule has 160 valence electrons. The molecule has 0 aromatic heterocycles. The number of imide groups is 1. The first kappa shape index (κ1) is 21.4. The summed E-state index contributed by atoms with van der Waals surface area (Å²) in [6.07, 6.45) is 2.43. The zero-order chi connectivity index (χ0) is 22.1. The Hall–Kier alpha value is -2.80. The predicted molar refractivity (Wildman–Crippen MR) is 118 cm³/mol. The van der Waals surface area contributed by atoms with Crippen LogP contribution in [-0.2, 0) is 14.3 Å². The Labute approximate surface area is 188 Å². The van der Waals surface area contributed by atoms with Gasteiger partial charge in [0.15, 0.2) is 12.4 Å². The molecule has 0 radical (unpaired) electrons. The lowest BCUT2D eigenvalue weighted by Crippen LogP contribution is -2.30. The smallest absolute Gasteiger partial charge is 0.338 e. The zero-order valence-corrected chi connectivity index (χ0v) is 18.6. The highest BCUT2D eigenvalue weighted by atomic mass is 79.9. The van der Waals surface area contributed by atoms with Crippen LogP contribution in [0.2, 0.25) is 0 Å². The number of benzene rings is 2. The maximum atomic E-state index is 12.8. The summed E-state index contributed by atoms with van der Waals surface area (Å²) in [5.74, 6) is -1.30. The minimum absolute atomic E-state index is 0.155. The monoisotopic (exact) mass is 483 g/mol. The number of rotatable bonds is 5. The minimum atomic E-state index is -0.640. The van der Waals surface area contributed by atoms with Crippen LogP contribution in [0.3, 0.4) is 0 Å². The second-order valence-electron chi connectivity index (χ2n) is 8.20. The summed E-state index contributed by atoms with van der Waals surface area (Å²) in [5.41, 5.74) is 1.16. The number of anilines is 1. The average Bonchev–Trinajstić information content (AvgIpc) is 3.02. The van der Waals surface area contributed by atoms with Crippen molar-refractivity contribution in [2.45, 2.75) is 26.2 Å². The van der Waals surface area contributed by atoms with E-state index in [-0.39, 0.29) is 41.6 Å². The molecule has 2 aromatic carbocycles. The number of amides is 2. The van der Waals surface area contributed by atoms with Crippen LogP contribution in [0, 0.1) is 17.8 Å². The molecule has 1 saturated heterocycles. The minimum Gasteiger partial charge on any atom is -0.454 e.